The van der Waals surface area contributed by atoms with Crippen LogP contribution in [0, 0.1) is 0 Å². The number of hydrogen-bond donors (Lipinski definition) is 2. The lowest BCUT2D eigenvalue weighted by molar-refractivity contribution is -0.0695. The zero-order valence-corrected chi connectivity index (χ0v) is 13.1. The van der Waals surface area contributed by atoms with E-state index in [2.05, 4.69) is 19.2 Å². The first-order chi connectivity index (χ1) is 8.74. The summed E-state index contributed by atoms with van der Waals surface area (Å²) in [5.41, 5.74) is -0.823. The molecule has 1 atom stereocenters. The molecule has 0 bridgehead atoms. The van der Waals surface area contributed by atoms with Crippen molar-refractivity contribution in [1.29, 1.82) is 0 Å². The fraction of sp³-hybridized carbons (Fsp3) is 1.00. The molecule has 1 heterocycles. The molecule has 3 nitrogen and oxygen atoms in total. The Balaban J connectivity index is 1.82. The highest BCUT2D eigenvalue weighted by Gasteiger charge is 2.42. The van der Waals surface area contributed by atoms with Crippen LogP contribution in [0.2, 0.25) is 0 Å². The summed E-state index contributed by atoms with van der Waals surface area (Å²) in [6.45, 7) is 8.67. The Morgan fingerprint density at radius 1 is 1.11 bits per heavy atom. The van der Waals surface area contributed by atoms with Gasteiger partial charge in [0, 0.05) is 12.1 Å². The molecule has 19 heavy (non-hydrogen) atoms. The molecule has 2 fully saturated rings. The number of ether oxygens (including phenoxy) is 1. The normalized spacial score (nSPS) is 27.9. The monoisotopic (exact) mass is 269 g/mol. The minimum absolute atomic E-state index is 0.198. The van der Waals surface area contributed by atoms with Gasteiger partial charge >= 0.3 is 0 Å². The predicted octanol–water partition coefficient (Wildman–Crippen LogP) is 3.01. The van der Waals surface area contributed by atoms with E-state index in [-0.39, 0.29) is 11.1 Å². The molecule has 1 spiro atoms. The van der Waals surface area contributed by atoms with Crippen molar-refractivity contribution in [3.05, 3.63) is 0 Å². The highest BCUT2D eigenvalue weighted by Crippen LogP contribution is 2.41. The molecule has 2 aliphatic rings. The van der Waals surface area contributed by atoms with Crippen LogP contribution in [0.25, 0.3) is 0 Å². The highest BCUT2D eigenvalue weighted by molar-refractivity contribution is 4.96. The van der Waals surface area contributed by atoms with Gasteiger partial charge in [-0.05, 0) is 53.4 Å². The molecule has 3 heteroatoms. The average molecular weight is 269 g/mol. The van der Waals surface area contributed by atoms with Gasteiger partial charge in [0.2, 0.25) is 0 Å². The van der Waals surface area contributed by atoms with Crippen LogP contribution in [0.1, 0.15) is 72.6 Å². The summed E-state index contributed by atoms with van der Waals surface area (Å²) in [5.74, 6) is 0. The molecular weight excluding hydrogens is 238 g/mol. The lowest BCUT2D eigenvalue weighted by Gasteiger charge is -2.39. The van der Waals surface area contributed by atoms with Crippen LogP contribution < -0.4 is 5.32 Å². The predicted molar refractivity (Wildman–Crippen MR) is 78.3 cm³/mol. The van der Waals surface area contributed by atoms with Crippen molar-refractivity contribution >= 4 is 0 Å². The Kier molecular flexibility index (Phi) is 4.29. The van der Waals surface area contributed by atoms with E-state index >= 15 is 0 Å². The summed E-state index contributed by atoms with van der Waals surface area (Å²) in [6, 6.07) is 0. The molecule has 0 radical (unpaired) electrons. The smallest absolute Gasteiger partial charge is 0.0767 e. The average Bonchev–Trinajstić information content (AvgIpc) is 2.70. The molecule has 1 unspecified atom stereocenters. The lowest BCUT2D eigenvalue weighted by Crippen LogP contribution is -2.57. The SMILES string of the molecule is CC(C)(O)C(C)(C)NCC1CCC2(CCCCC2)O1. The first-order valence-electron chi connectivity index (χ1n) is 7.89. The van der Waals surface area contributed by atoms with Crippen LogP contribution in [0.5, 0.6) is 0 Å². The molecule has 2 rings (SSSR count). The Labute approximate surface area is 118 Å². The first-order valence-corrected chi connectivity index (χ1v) is 7.89. The first kappa shape index (κ1) is 15.3. The molecule has 0 aromatic rings. The molecular formula is C16H31NO2. The van der Waals surface area contributed by atoms with Gasteiger partial charge in [0.25, 0.3) is 0 Å². The van der Waals surface area contributed by atoms with Crippen molar-refractivity contribution in [1.82, 2.24) is 5.32 Å². The van der Waals surface area contributed by atoms with Gasteiger partial charge in [-0.3, -0.25) is 0 Å². The summed E-state index contributed by atoms with van der Waals surface area (Å²) in [6.07, 6.45) is 9.23. The van der Waals surface area contributed by atoms with Gasteiger partial charge in [-0.15, -0.1) is 0 Å². The zero-order valence-electron chi connectivity index (χ0n) is 13.1. The van der Waals surface area contributed by atoms with Gasteiger partial charge in [-0.2, -0.15) is 0 Å². The van der Waals surface area contributed by atoms with E-state index in [4.69, 9.17) is 4.74 Å². The fourth-order valence-electron chi connectivity index (χ4n) is 3.19. The third kappa shape index (κ3) is 3.50. The molecule has 1 saturated heterocycles. The molecule has 1 aliphatic heterocycles. The third-order valence-corrected chi connectivity index (χ3v) is 5.40. The number of hydrogen-bond acceptors (Lipinski definition) is 3. The van der Waals surface area contributed by atoms with Crippen LogP contribution in [0.15, 0.2) is 0 Å². The van der Waals surface area contributed by atoms with E-state index in [0.717, 1.165) is 13.0 Å². The van der Waals surface area contributed by atoms with Gasteiger partial charge in [0.1, 0.15) is 0 Å². The summed E-state index contributed by atoms with van der Waals surface area (Å²) >= 11 is 0. The van der Waals surface area contributed by atoms with Gasteiger partial charge in [-0.25, -0.2) is 0 Å². The van der Waals surface area contributed by atoms with Crippen LogP contribution >= 0.6 is 0 Å². The summed E-state index contributed by atoms with van der Waals surface area (Å²) in [4.78, 5) is 0. The van der Waals surface area contributed by atoms with Gasteiger partial charge in [-0.1, -0.05) is 19.3 Å². The van der Waals surface area contributed by atoms with E-state index in [1.807, 2.05) is 13.8 Å². The quantitative estimate of drug-likeness (QED) is 0.824. The summed E-state index contributed by atoms with van der Waals surface area (Å²) < 4.78 is 6.35. The molecule has 0 aromatic heterocycles. The minimum atomic E-state index is -0.728. The molecule has 0 aromatic carbocycles. The number of rotatable bonds is 4. The highest BCUT2D eigenvalue weighted by atomic mass is 16.5. The Morgan fingerprint density at radius 2 is 1.74 bits per heavy atom. The zero-order chi connectivity index (χ0) is 14.1. The van der Waals surface area contributed by atoms with Gasteiger partial charge in [0.05, 0.1) is 17.3 Å². The van der Waals surface area contributed by atoms with Gasteiger partial charge in [0.15, 0.2) is 0 Å². The van der Waals surface area contributed by atoms with Crippen molar-refractivity contribution in [3.8, 4) is 0 Å². The van der Waals surface area contributed by atoms with Crippen LogP contribution in [-0.2, 0) is 4.74 Å². The third-order valence-electron chi connectivity index (χ3n) is 5.40. The van der Waals surface area contributed by atoms with E-state index < -0.39 is 5.60 Å². The van der Waals surface area contributed by atoms with Crippen LogP contribution in [0.4, 0.5) is 0 Å². The summed E-state index contributed by atoms with van der Waals surface area (Å²) in [7, 11) is 0. The van der Waals surface area contributed by atoms with Crippen molar-refractivity contribution < 1.29 is 9.84 Å². The Hall–Kier alpha value is -0.120. The molecule has 112 valence electrons. The second-order valence-electron chi connectivity index (χ2n) is 7.59. The van der Waals surface area contributed by atoms with E-state index in [9.17, 15) is 5.11 Å². The lowest BCUT2D eigenvalue weighted by atomic mass is 9.83. The maximum Gasteiger partial charge on any atom is 0.0767 e. The number of nitrogens with one attached hydrogen (secondary N) is 1. The fourth-order valence-corrected chi connectivity index (χ4v) is 3.19. The molecule has 0 amide bonds. The Morgan fingerprint density at radius 3 is 2.32 bits per heavy atom. The van der Waals surface area contributed by atoms with Crippen molar-refractivity contribution in [2.75, 3.05) is 6.54 Å². The Bertz CT molecular complexity index is 300. The van der Waals surface area contributed by atoms with E-state index in [1.165, 1.54) is 38.5 Å². The molecule has 1 saturated carbocycles. The molecule has 2 N–H and O–H groups in total. The van der Waals surface area contributed by atoms with Gasteiger partial charge < -0.3 is 15.2 Å². The van der Waals surface area contributed by atoms with Crippen LogP contribution in [0.3, 0.4) is 0 Å². The van der Waals surface area contributed by atoms with E-state index in [1.54, 1.807) is 0 Å². The largest absolute Gasteiger partial charge is 0.389 e. The van der Waals surface area contributed by atoms with Crippen molar-refractivity contribution in [2.24, 2.45) is 0 Å². The standard InChI is InChI=1S/C16H31NO2/c1-14(2,15(3,4)18)17-12-13-8-11-16(19-13)9-6-5-7-10-16/h13,17-18H,5-12H2,1-4H3. The minimum Gasteiger partial charge on any atom is -0.389 e. The second kappa shape index (κ2) is 5.34. The maximum absolute atomic E-state index is 10.2. The van der Waals surface area contributed by atoms with Crippen LogP contribution in [-0.4, -0.2) is 34.5 Å². The van der Waals surface area contributed by atoms with E-state index in [0.29, 0.717) is 6.10 Å². The van der Waals surface area contributed by atoms with Crippen molar-refractivity contribution in [3.63, 3.8) is 0 Å². The van der Waals surface area contributed by atoms with Crippen molar-refractivity contribution in [2.45, 2.75) is 95.5 Å². The molecule has 1 aliphatic carbocycles. The second-order valence-corrected chi connectivity index (χ2v) is 7.59. The summed E-state index contributed by atoms with van der Waals surface area (Å²) in [5, 5.41) is 13.6. The topological polar surface area (TPSA) is 41.5 Å². The maximum atomic E-state index is 10.2. The number of aliphatic hydroxyl groups is 1.